The van der Waals surface area contributed by atoms with Crippen LogP contribution in [0.4, 0.5) is 11.6 Å². The van der Waals surface area contributed by atoms with E-state index in [2.05, 4.69) is 32.7 Å². The summed E-state index contributed by atoms with van der Waals surface area (Å²) in [6.07, 6.45) is 3.50. The molecule has 0 fully saturated rings. The van der Waals surface area contributed by atoms with Crippen LogP contribution in [-0.4, -0.2) is 29.5 Å². The summed E-state index contributed by atoms with van der Waals surface area (Å²) in [5, 5.41) is 5.98. The Balaban J connectivity index is 1.55. The summed E-state index contributed by atoms with van der Waals surface area (Å²) in [4.78, 5) is 20.9. The van der Waals surface area contributed by atoms with Gasteiger partial charge in [-0.25, -0.2) is 9.97 Å². The highest BCUT2D eigenvalue weighted by molar-refractivity contribution is 6.03. The molecule has 0 aliphatic heterocycles. The molecule has 0 bridgehead atoms. The first-order chi connectivity index (χ1) is 13.3. The van der Waals surface area contributed by atoms with Crippen LogP contribution in [0.1, 0.15) is 22.5 Å². The Hall–Kier alpha value is -3.41. The van der Waals surface area contributed by atoms with E-state index >= 15 is 0 Å². The fourth-order valence-electron chi connectivity index (χ4n) is 2.64. The van der Waals surface area contributed by atoms with Crippen LogP contribution in [0.2, 0.25) is 0 Å². The highest BCUT2D eigenvalue weighted by Crippen LogP contribution is 2.23. The normalized spacial score (nSPS) is 10.3. The molecule has 0 spiro atoms. The molecule has 1 amide bonds. The van der Waals surface area contributed by atoms with E-state index < -0.39 is 0 Å². The molecule has 0 saturated heterocycles. The molecule has 0 unspecified atom stereocenters. The zero-order valence-corrected chi connectivity index (χ0v) is 15.2. The minimum absolute atomic E-state index is 0.293. The summed E-state index contributed by atoms with van der Waals surface area (Å²) in [5.74, 6) is 0.726. The second-order valence-electron chi connectivity index (χ2n) is 5.94. The van der Waals surface area contributed by atoms with Crippen molar-refractivity contribution >= 4 is 17.5 Å². The fourth-order valence-corrected chi connectivity index (χ4v) is 2.64. The van der Waals surface area contributed by atoms with Crippen LogP contribution < -0.4 is 15.4 Å². The van der Waals surface area contributed by atoms with Crippen LogP contribution in [0.5, 0.6) is 5.75 Å². The lowest BCUT2D eigenvalue weighted by Gasteiger charge is -2.10. The second kappa shape index (κ2) is 9.33. The summed E-state index contributed by atoms with van der Waals surface area (Å²) in [6, 6.07) is 19.1. The Morgan fingerprint density at radius 3 is 2.63 bits per heavy atom. The maximum atomic E-state index is 12.5. The van der Waals surface area contributed by atoms with E-state index in [1.165, 1.54) is 5.56 Å². The van der Waals surface area contributed by atoms with Crippen LogP contribution >= 0.6 is 0 Å². The number of benzene rings is 2. The largest absolute Gasteiger partial charge is 0.495 e. The van der Waals surface area contributed by atoms with Gasteiger partial charge in [0.15, 0.2) is 0 Å². The van der Waals surface area contributed by atoms with Crippen LogP contribution in [0.15, 0.2) is 66.9 Å². The van der Waals surface area contributed by atoms with Crippen molar-refractivity contribution in [3.8, 4) is 5.75 Å². The number of aryl methyl sites for hydroxylation is 1. The molecule has 2 aromatic carbocycles. The Labute approximate surface area is 158 Å². The van der Waals surface area contributed by atoms with Crippen molar-refractivity contribution in [1.82, 2.24) is 9.97 Å². The number of nitrogens with zero attached hydrogens (tertiary/aromatic N) is 2. The lowest BCUT2D eigenvalue weighted by atomic mass is 10.1. The van der Waals surface area contributed by atoms with Gasteiger partial charge in [-0.15, -0.1) is 0 Å². The molecule has 0 atom stereocenters. The molecule has 6 heteroatoms. The summed E-state index contributed by atoms with van der Waals surface area (Å²) in [6.45, 7) is 0.729. The van der Waals surface area contributed by atoms with Gasteiger partial charge in [-0.3, -0.25) is 4.79 Å². The first-order valence-electron chi connectivity index (χ1n) is 8.81. The van der Waals surface area contributed by atoms with Crippen molar-refractivity contribution in [2.75, 3.05) is 24.3 Å². The third-order valence-corrected chi connectivity index (χ3v) is 4.01. The molecular weight excluding hydrogens is 340 g/mol. The Morgan fingerprint density at radius 2 is 1.81 bits per heavy atom. The van der Waals surface area contributed by atoms with Crippen molar-refractivity contribution in [2.24, 2.45) is 0 Å². The van der Waals surface area contributed by atoms with Gasteiger partial charge < -0.3 is 15.4 Å². The number of anilines is 2. The Bertz CT molecular complexity index is 884. The average Bonchev–Trinajstić information content (AvgIpc) is 2.72. The van der Waals surface area contributed by atoms with Crippen molar-refractivity contribution in [3.63, 3.8) is 0 Å². The Morgan fingerprint density at radius 1 is 1.04 bits per heavy atom. The zero-order chi connectivity index (χ0) is 18.9. The predicted octanol–water partition coefficient (Wildman–Crippen LogP) is 3.78. The molecule has 0 radical (unpaired) electrons. The number of para-hydroxylation sites is 2. The van der Waals surface area contributed by atoms with Crippen molar-refractivity contribution in [1.29, 1.82) is 0 Å². The number of hydrogen-bond acceptors (Lipinski definition) is 5. The molecule has 3 aromatic rings. The number of carbonyl (C=O) groups excluding carboxylic acids is 1. The average molecular weight is 362 g/mol. The maximum absolute atomic E-state index is 12.5. The smallest absolute Gasteiger partial charge is 0.274 e. The first kappa shape index (κ1) is 18.4. The summed E-state index contributed by atoms with van der Waals surface area (Å²) >= 11 is 0. The molecule has 0 aliphatic rings. The number of rotatable bonds is 8. The highest BCUT2D eigenvalue weighted by atomic mass is 16.5. The number of carbonyl (C=O) groups is 1. The number of hydrogen-bond donors (Lipinski definition) is 2. The van der Waals surface area contributed by atoms with Crippen molar-refractivity contribution < 1.29 is 9.53 Å². The van der Waals surface area contributed by atoms with Crippen LogP contribution in [0.3, 0.4) is 0 Å². The van der Waals surface area contributed by atoms with E-state index in [9.17, 15) is 4.79 Å². The second-order valence-corrected chi connectivity index (χ2v) is 5.94. The molecule has 2 N–H and O–H groups in total. The van der Waals surface area contributed by atoms with Crippen LogP contribution in [-0.2, 0) is 6.42 Å². The van der Waals surface area contributed by atoms with Gasteiger partial charge in [0.05, 0.1) is 12.8 Å². The quantitative estimate of drug-likeness (QED) is 0.597. The Kier molecular flexibility index (Phi) is 6.35. The maximum Gasteiger partial charge on any atom is 0.274 e. The van der Waals surface area contributed by atoms with Gasteiger partial charge in [0.1, 0.15) is 11.4 Å². The van der Waals surface area contributed by atoms with E-state index in [1.807, 2.05) is 30.3 Å². The third-order valence-electron chi connectivity index (χ3n) is 4.01. The number of aromatic nitrogens is 2. The van der Waals surface area contributed by atoms with Gasteiger partial charge in [0.25, 0.3) is 5.91 Å². The topological polar surface area (TPSA) is 76.1 Å². The summed E-state index contributed by atoms with van der Waals surface area (Å²) in [7, 11) is 1.56. The molecule has 138 valence electrons. The van der Waals surface area contributed by atoms with E-state index in [0.29, 0.717) is 23.1 Å². The van der Waals surface area contributed by atoms with Gasteiger partial charge in [-0.1, -0.05) is 42.5 Å². The highest BCUT2D eigenvalue weighted by Gasteiger charge is 2.11. The van der Waals surface area contributed by atoms with Crippen LogP contribution in [0, 0.1) is 0 Å². The number of ether oxygens (including phenoxy) is 1. The van der Waals surface area contributed by atoms with Gasteiger partial charge in [-0.05, 0) is 36.6 Å². The number of nitrogens with one attached hydrogen (secondary N) is 2. The first-order valence-corrected chi connectivity index (χ1v) is 8.81. The van der Waals surface area contributed by atoms with E-state index in [-0.39, 0.29) is 5.91 Å². The minimum Gasteiger partial charge on any atom is -0.495 e. The lowest BCUT2D eigenvalue weighted by molar-refractivity contribution is 0.102. The van der Waals surface area contributed by atoms with Gasteiger partial charge in [-0.2, -0.15) is 0 Å². The molecule has 1 aromatic heterocycles. The number of amides is 1. The molecule has 3 rings (SSSR count). The lowest BCUT2D eigenvalue weighted by Crippen LogP contribution is -2.16. The van der Waals surface area contributed by atoms with E-state index in [1.54, 1.807) is 31.5 Å². The SMILES string of the molecule is COc1ccccc1NC(=O)c1ccnc(NCCCc2ccccc2)n1. The number of methoxy groups -OCH3 is 1. The van der Waals surface area contributed by atoms with Crippen LogP contribution in [0.25, 0.3) is 0 Å². The predicted molar refractivity (Wildman–Crippen MR) is 106 cm³/mol. The molecule has 1 heterocycles. The van der Waals surface area contributed by atoms with E-state index in [0.717, 1.165) is 19.4 Å². The third kappa shape index (κ3) is 5.28. The summed E-state index contributed by atoms with van der Waals surface area (Å²) < 4.78 is 5.25. The molecule has 27 heavy (non-hydrogen) atoms. The standard InChI is InChI=1S/C21H22N4O2/c1-27-19-12-6-5-11-17(19)24-20(26)18-13-15-23-21(25-18)22-14-7-10-16-8-3-2-4-9-16/h2-6,8-9,11-13,15H,7,10,14H2,1H3,(H,24,26)(H,22,23,25). The summed E-state index contributed by atoms with van der Waals surface area (Å²) in [5.41, 5.74) is 2.19. The fraction of sp³-hybridized carbons (Fsp3) is 0.190. The van der Waals surface area contributed by atoms with E-state index in [4.69, 9.17) is 4.74 Å². The van der Waals surface area contributed by atoms with Gasteiger partial charge >= 0.3 is 0 Å². The molecule has 6 nitrogen and oxygen atoms in total. The monoisotopic (exact) mass is 362 g/mol. The minimum atomic E-state index is -0.311. The molecular formula is C21H22N4O2. The van der Waals surface area contributed by atoms with Gasteiger partial charge in [0, 0.05) is 12.7 Å². The molecule has 0 saturated carbocycles. The van der Waals surface area contributed by atoms with Crippen molar-refractivity contribution in [3.05, 3.63) is 78.1 Å². The zero-order valence-electron chi connectivity index (χ0n) is 15.2. The van der Waals surface area contributed by atoms with Crippen molar-refractivity contribution in [2.45, 2.75) is 12.8 Å². The molecule has 0 aliphatic carbocycles. The van der Waals surface area contributed by atoms with Gasteiger partial charge in [0.2, 0.25) is 5.95 Å².